The summed E-state index contributed by atoms with van der Waals surface area (Å²) >= 11 is 0. The highest BCUT2D eigenvalue weighted by Crippen LogP contribution is 2.32. The summed E-state index contributed by atoms with van der Waals surface area (Å²) in [6.07, 6.45) is 3.37. The van der Waals surface area contributed by atoms with Crippen LogP contribution >= 0.6 is 0 Å². The minimum atomic E-state index is -1.33. The molecule has 11 heteroatoms. The number of ether oxygens (including phenoxy) is 1. The van der Waals surface area contributed by atoms with Crippen LogP contribution in [0, 0.1) is 5.82 Å². The molecule has 0 saturated carbocycles. The van der Waals surface area contributed by atoms with E-state index in [1.807, 2.05) is 61.0 Å². The molecule has 0 spiro atoms. The normalized spacial score (nSPS) is 17.1. The SMILES string of the molecule is CC(C)Nc1ccc(-c2c(C(=O)N[C@H]3N=C(c4ccccc4)c4cccc(F)c4NC3=O)cnn2C2CCOCC2)cn1. The highest BCUT2D eigenvalue weighted by Gasteiger charge is 2.31. The number of hydrogen-bond acceptors (Lipinski definition) is 7. The van der Waals surface area contributed by atoms with Crippen LogP contribution in [0.1, 0.15) is 54.2 Å². The Kier molecular flexibility index (Phi) is 7.97. The summed E-state index contributed by atoms with van der Waals surface area (Å²) in [7, 11) is 0. The molecule has 2 aliphatic heterocycles. The number of benzene rings is 2. The largest absolute Gasteiger partial charge is 0.381 e. The van der Waals surface area contributed by atoms with Crippen molar-refractivity contribution in [3.05, 3.63) is 95.6 Å². The minimum absolute atomic E-state index is 0.0149. The number of anilines is 2. The number of amides is 2. The van der Waals surface area contributed by atoms with E-state index in [0.717, 1.165) is 12.8 Å². The van der Waals surface area contributed by atoms with E-state index in [4.69, 9.17) is 4.74 Å². The van der Waals surface area contributed by atoms with Crippen LogP contribution in [0.25, 0.3) is 11.3 Å². The summed E-state index contributed by atoms with van der Waals surface area (Å²) in [4.78, 5) is 36.5. The molecule has 0 unspecified atom stereocenters. The number of aliphatic imine (C=N–C) groups is 1. The van der Waals surface area contributed by atoms with Gasteiger partial charge in [0.1, 0.15) is 11.6 Å². The first kappa shape index (κ1) is 28.2. The van der Waals surface area contributed by atoms with E-state index in [0.29, 0.717) is 47.1 Å². The zero-order valence-electron chi connectivity index (χ0n) is 23.9. The highest BCUT2D eigenvalue weighted by atomic mass is 19.1. The molecule has 6 rings (SSSR count). The van der Waals surface area contributed by atoms with Gasteiger partial charge in [-0.1, -0.05) is 42.5 Å². The lowest BCUT2D eigenvalue weighted by Crippen LogP contribution is -2.42. The van der Waals surface area contributed by atoms with Crippen LogP contribution < -0.4 is 16.0 Å². The lowest BCUT2D eigenvalue weighted by Gasteiger charge is -2.24. The van der Waals surface area contributed by atoms with E-state index in [1.54, 1.807) is 18.3 Å². The number of halogens is 1. The Balaban J connectivity index is 1.37. The Morgan fingerprint density at radius 2 is 1.81 bits per heavy atom. The van der Waals surface area contributed by atoms with Gasteiger partial charge in [0, 0.05) is 42.1 Å². The number of benzodiazepines with no additional fused rings is 1. The maximum atomic E-state index is 14.9. The second kappa shape index (κ2) is 12.1. The third kappa shape index (κ3) is 5.89. The molecule has 4 aromatic rings. The smallest absolute Gasteiger partial charge is 0.269 e. The van der Waals surface area contributed by atoms with Gasteiger partial charge in [0.2, 0.25) is 6.17 Å². The molecule has 1 saturated heterocycles. The molecule has 2 aromatic heterocycles. The first-order chi connectivity index (χ1) is 20.9. The number of pyridine rings is 1. The van der Waals surface area contributed by atoms with Gasteiger partial charge in [-0.25, -0.2) is 14.4 Å². The van der Waals surface area contributed by atoms with Crippen molar-refractivity contribution in [2.24, 2.45) is 4.99 Å². The quantitative estimate of drug-likeness (QED) is 0.288. The fourth-order valence-electron chi connectivity index (χ4n) is 5.36. The first-order valence-corrected chi connectivity index (χ1v) is 14.3. The molecule has 3 N–H and O–H groups in total. The summed E-state index contributed by atoms with van der Waals surface area (Å²) in [6.45, 7) is 5.25. The summed E-state index contributed by atoms with van der Waals surface area (Å²) in [6, 6.07) is 17.7. The topological polar surface area (TPSA) is 123 Å². The molecular weight excluding hydrogens is 549 g/mol. The van der Waals surface area contributed by atoms with Crippen molar-refractivity contribution < 1.29 is 18.7 Å². The van der Waals surface area contributed by atoms with E-state index in [9.17, 15) is 14.0 Å². The number of para-hydroxylation sites is 1. The van der Waals surface area contributed by atoms with Gasteiger partial charge in [-0.15, -0.1) is 0 Å². The molecule has 4 heterocycles. The molecule has 0 aliphatic carbocycles. The van der Waals surface area contributed by atoms with Crippen molar-refractivity contribution in [1.82, 2.24) is 20.1 Å². The zero-order chi connectivity index (χ0) is 29.9. The van der Waals surface area contributed by atoms with Crippen LogP contribution in [0.2, 0.25) is 0 Å². The standard InChI is InChI=1S/C32H32FN7O3/c1-19(2)36-26-12-11-21(17-34-26)29-24(18-35-40(29)22-13-15-43-16-14-22)31(41)39-30-32(42)38-28-23(9-6-10-25(28)33)27(37-30)20-7-4-3-5-8-20/h3-12,17-19,22,30H,13-16H2,1-2H3,(H,34,36)(H,38,42)(H,39,41)/t30-/m1/s1. The number of carbonyl (C=O) groups excluding carboxylic acids is 2. The number of nitrogens with one attached hydrogen (secondary N) is 3. The van der Waals surface area contributed by atoms with Crippen LogP contribution in [0.4, 0.5) is 15.9 Å². The molecule has 43 heavy (non-hydrogen) atoms. The monoisotopic (exact) mass is 581 g/mol. The zero-order valence-corrected chi connectivity index (χ0v) is 23.9. The van der Waals surface area contributed by atoms with Crippen LogP contribution in [0.15, 0.2) is 78.0 Å². The van der Waals surface area contributed by atoms with Crippen molar-refractivity contribution in [1.29, 1.82) is 0 Å². The van der Waals surface area contributed by atoms with Crippen molar-refractivity contribution in [2.75, 3.05) is 23.8 Å². The Morgan fingerprint density at radius 3 is 2.53 bits per heavy atom. The molecule has 2 aromatic carbocycles. The second-order valence-corrected chi connectivity index (χ2v) is 10.8. The fraction of sp³-hybridized carbons (Fsp3) is 0.281. The summed E-state index contributed by atoms with van der Waals surface area (Å²) in [5, 5.41) is 13.3. The van der Waals surface area contributed by atoms with Crippen LogP contribution in [0.3, 0.4) is 0 Å². The molecule has 2 aliphatic rings. The van der Waals surface area contributed by atoms with E-state index < -0.39 is 23.8 Å². The van der Waals surface area contributed by atoms with Crippen molar-refractivity contribution in [3.8, 4) is 11.3 Å². The number of fused-ring (bicyclic) bond motifs is 1. The summed E-state index contributed by atoms with van der Waals surface area (Å²) in [5.74, 6) is -1.08. The van der Waals surface area contributed by atoms with Gasteiger partial charge in [0.05, 0.1) is 34.9 Å². The first-order valence-electron chi connectivity index (χ1n) is 14.3. The lowest BCUT2D eigenvalue weighted by atomic mass is 10.0. The van der Waals surface area contributed by atoms with Crippen molar-refractivity contribution in [2.45, 2.75) is 44.9 Å². The third-order valence-corrected chi connectivity index (χ3v) is 7.39. The molecule has 10 nitrogen and oxygen atoms in total. The number of aromatic nitrogens is 3. The van der Waals surface area contributed by atoms with Gasteiger partial charge in [-0.05, 0) is 44.9 Å². The highest BCUT2D eigenvalue weighted by molar-refractivity contribution is 6.20. The molecule has 0 radical (unpaired) electrons. The van der Waals surface area contributed by atoms with Gasteiger partial charge >= 0.3 is 0 Å². The van der Waals surface area contributed by atoms with E-state index >= 15 is 0 Å². The number of rotatable bonds is 7. The van der Waals surface area contributed by atoms with Crippen LogP contribution in [-0.2, 0) is 9.53 Å². The maximum Gasteiger partial charge on any atom is 0.269 e. The number of nitrogens with zero attached hydrogens (tertiary/aromatic N) is 4. The van der Waals surface area contributed by atoms with Gasteiger partial charge < -0.3 is 20.7 Å². The third-order valence-electron chi connectivity index (χ3n) is 7.39. The average Bonchev–Trinajstić information content (AvgIpc) is 3.41. The molecule has 1 fully saturated rings. The molecule has 1 atom stereocenters. The number of hydrogen-bond donors (Lipinski definition) is 3. The number of carbonyl (C=O) groups is 2. The van der Waals surface area contributed by atoms with E-state index in [-0.39, 0.29) is 23.3 Å². The predicted octanol–water partition coefficient (Wildman–Crippen LogP) is 4.80. The molecular formula is C32H32FN7O3. The van der Waals surface area contributed by atoms with Crippen molar-refractivity contribution >= 4 is 29.0 Å². The second-order valence-electron chi connectivity index (χ2n) is 10.8. The Hall–Kier alpha value is -4.90. The molecule has 0 bridgehead atoms. The van der Waals surface area contributed by atoms with Gasteiger partial charge in [-0.2, -0.15) is 5.10 Å². The lowest BCUT2D eigenvalue weighted by molar-refractivity contribution is -0.117. The Bertz CT molecular complexity index is 1660. The Labute approximate surface area is 248 Å². The molecule has 220 valence electrons. The van der Waals surface area contributed by atoms with Crippen molar-refractivity contribution in [3.63, 3.8) is 0 Å². The fourth-order valence-corrected chi connectivity index (χ4v) is 5.36. The van der Waals surface area contributed by atoms with Crippen LogP contribution in [-0.4, -0.2) is 57.7 Å². The van der Waals surface area contributed by atoms with Gasteiger partial charge in [0.15, 0.2) is 0 Å². The summed E-state index contributed by atoms with van der Waals surface area (Å²) in [5.41, 5.74) is 3.07. The predicted molar refractivity (Wildman–Crippen MR) is 162 cm³/mol. The molecule has 2 amide bonds. The Morgan fingerprint density at radius 1 is 1.02 bits per heavy atom. The van der Waals surface area contributed by atoms with E-state index in [2.05, 4.69) is 31.0 Å². The maximum absolute atomic E-state index is 14.9. The van der Waals surface area contributed by atoms with Crippen LogP contribution in [0.5, 0.6) is 0 Å². The van der Waals surface area contributed by atoms with E-state index in [1.165, 1.54) is 12.3 Å². The summed E-state index contributed by atoms with van der Waals surface area (Å²) < 4.78 is 22.3. The van der Waals surface area contributed by atoms with Gasteiger partial charge in [0.25, 0.3) is 11.8 Å². The average molecular weight is 582 g/mol. The van der Waals surface area contributed by atoms with Gasteiger partial charge in [-0.3, -0.25) is 14.3 Å². The minimum Gasteiger partial charge on any atom is -0.381 e.